The molecule has 0 radical (unpaired) electrons. The van der Waals surface area contributed by atoms with Gasteiger partial charge in [0.05, 0.1) is 13.0 Å². The van der Waals surface area contributed by atoms with E-state index in [0.717, 1.165) is 5.56 Å². The fourth-order valence-corrected chi connectivity index (χ4v) is 1.95. The van der Waals surface area contributed by atoms with Crippen LogP contribution in [0.5, 0.6) is 5.75 Å². The Morgan fingerprint density at radius 1 is 1.00 bits per heavy atom. The van der Waals surface area contributed by atoms with Crippen LogP contribution < -0.4 is 10.1 Å². The van der Waals surface area contributed by atoms with Crippen molar-refractivity contribution in [3.8, 4) is 5.75 Å². The first-order chi connectivity index (χ1) is 11.7. The van der Waals surface area contributed by atoms with Crippen molar-refractivity contribution in [3.63, 3.8) is 0 Å². The SMILES string of the molecule is COCCOc1cccc(NC(=O)OC(=O)Cc2ccccc2)c1. The standard InChI is InChI=1S/C18H19NO5/c1-22-10-11-23-16-9-5-8-15(13-16)19-18(21)24-17(20)12-14-6-3-2-4-7-14/h2-9,13H,10-12H2,1H3,(H,19,21). The van der Waals surface area contributed by atoms with Crippen molar-refractivity contribution in [2.45, 2.75) is 6.42 Å². The first kappa shape index (κ1) is 17.5. The van der Waals surface area contributed by atoms with Gasteiger partial charge in [-0.3, -0.25) is 10.1 Å². The van der Waals surface area contributed by atoms with Gasteiger partial charge >= 0.3 is 12.1 Å². The van der Waals surface area contributed by atoms with E-state index >= 15 is 0 Å². The summed E-state index contributed by atoms with van der Waals surface area (Å²) in [5, 5.41) is 2.50. The zero-order valence-electron chi connectivity index (χ0n) is 13.4. The van der Waals surface area contributed by atoms with Crippen LogP contribution in [-0.2, 0) is 20.7 Å². The zero-order chi connectivity index (χ0) is 17.2. The molecule has 6 heteroatoms. The van der Waals surface area contributed by atoms with Gasteiger partial charge in [-0.2, -0.15) is 0 Å². The van der Waals surface area contributed by atoms with Crippen LogP contribution in [0.3, 0.4) is 0 Å². The average Bonchev–Trinajstić information content (AvgIpc) is 2.56. The minimum absolute atomic E-state index is 0.0361. The summed E-state index contributed by atoms with van der Waals surface area (Å²) in [6.45, 7) is 0.869. The van der Waals surface area contributed by atoms with E-state index in [1.54, 1.807) is 43.5 Å². The summed E-state index contributed by atoms with van der Waals surface area (Å²) < 4.78 is 15.1. The van der Waals surface area contributed by atoms with Gasteiger partial charge in [0.2, 0.25) is 0 Å². The zero-order valence-corrected chi connectivity index (χ0v) is 13.4. The van der Waals surface area contributed by atoms with Crippen molar-refractivity contribution in [3.05, 3.63) is 60.2 Å². The molecule has 0 aromatic heterocycles. The molecule has 1 amide bonds. The van der Waals surface area contributed by atoms with Gasteiger partial charge in [0.25, 0.3) is 0 Å². The Morgan fingerprint density at radius 2 is 1.79 bits per heavy atom. The predicted octanol–water partition coefficient (Wildman–Crippen LogP) is 3.03. The highest BCUT2D eigenvalue weighted by Gasteiger charge is 2.11. The van der Waals surface area contributed by atoms with E-state index in [9.17, 15) is 9.59 Å². The van der Waals surface area contributed by atoms with Crippen LogP contribution in [0.1, 0.15) is 5.56 Å². The quantitative estimate of drug-likeness (QED) is 0.480. The molecular formula is C18H19NO5. The molecule has 0 bridgehead atoms. The molecule has 0 heterocycles. The number of rotatable bonds is 7. The predicted molar refractivity (Wildman–Crippen MR) is 89.1 cm³/mol. The first-order valence-corrected chi connectivity index (χ1v) is 7.45. The van der Waals surface area contributed by atoms with E-state index in [1.807, 2.05) is 18.2 Å². The van der Waals surface area contributed by atoms with Crippen LogP contribution in [-0.4, -0.2) is 32.4 Å². The highest BCUT2D eigenvalue weighted by atomic mass is 16.6. The van der Waals surface area contributed by atoms with Gasteiger partial charge in [0, 0.05) is 18.9 Å². The normalized spacial score (nSPS) is 10.0. The molecule has 0 atom stereocenters. The average molecular weight is 329 g/mol. The minimum Gasteiger partial charge on any atom is -0.491 e. The largest absolute Gasteiger partial charge is 0.491 e. The van der Waals surface area contributed by atoms with E-state index in [1.165, 1.54) is 0 Å². The molecule has 2 aromatic carbocycles. The first-order valence-electron chi connectivity index (χ1n) is 7.45. The Labute approximate surface area is 140 Å². The molecule has 2 aromatic rings. The summed E-state index contributed by atoms with van der Waals surface area (Å²) in [7, 11) is 1.59. The van der Waals surface area contributed by atoms with Crippen molar-refractivity contribution in [2.24, 2.45) is 0 Å². The van der Waals surface area contributed by atoms with Gasteiger partial charge in [0.1, 0.15) is 12.4 Å². The number of carbonyl (C=O) groups is 2. The molecule has 0 fully saturated rings. The second kappa shape index (κ2) is 9.32. The third-order valence-corrected chi connectivity index (χ3v) is 3.03. The summed E-state index contributed by atoms with van der Waals surface area (Å²) in [4.78, 5) is 23.5. The maximum Gasteiger partial charge on any atom is 0.419 e. The Kier molecular flexibility index (Phi) is 6.79. The van der Waals surface area contributed by atoms with Gasteiger partial charge in [-0.1, -0.05) is 36.4 Å². The van der Waals surface area contributed by atoms with Crippen LogP contribution in [0.4, 0.5) is 10.5 Å². The van der Waals surface area contributed by atoms with Crippen molar-refractivity contribution < 1.29 is 23.8 Å². The molecule has 0 aliphatic rings. The molecule has 0 unspecified atom stereocenters. The van der Waals surface area contributed by atoms with Gasteiger partial charge in [0.15, 0.2) is 0 Å². The number of carbonyl (C=O) groups excluding carboxylic acids is 2. The number of methoxy groups -OCH3 is 1. The third-order valence-electron chi connectivity index (χ3n) is 3.03. The van der Waals surface area contributed by atoms with E-state index in [2.05, 4.69) is 5.32 Å². The second-order valence-corrected chi connectivity index (χ2v) is 4.92. The van der Waals surface area contributed by atoms with Crippen LogP contribution in [0, 0.1) is 0 Å². The molecule has 1 N–H and O–H groups in total. The second-order valence-electron chi connectivity index (χ2n) is 4.92. The number of esters is 1. The molecule has 0 spiro atoms. The van der Waals surface area contributed by atoms with Gasteiger partial charge in [-0.15, -0.1) is 0 Å². The number of benzene rings is 2. The van der Waals surface area contributed by atoms with Gasteiger partial charge < -0.3 is 14.2 Å². The van der Waals surface area contributed by atoms with E-state index in [-0.39, 0.29) is 6.42 Å². The number of nitrogens with one attached hydrogen (secondary N) is 1. The molecule has 24 heavy (non-hydrogen) atoms. The van der Waals surface area contributed by atoms with Crippen LogP contribution in [0.2, 0.25) is 0 Å². The molecule has 0 aliphatic heterocycles. The maximum absolute atomic E-state index is 11.8. The van der Waals surface area contributed by atoms with E-state index in [4.69, 9.17) is 14.2 Å². The Bertz CT molecular complexity index is 672. The molecular weight excluding hydrogens is 310 g/mol. The maximum atomic E-state index is 11.8. The fraction of sp³-hybridized carbons (Fsp3) is 0.222. The van der Waals surface area contributed by atoms with Crippen LogP contribution >= 0.6 is 0 Å². The summed E-state index contributed by atoms with van der Waals surface area (Å²) >= 11 is 0. The van der Waals surface area contributed by atoms with Gasteiger partial charge in [-0.05, 0) is 17.7 Å². The highest BCUT2D eigenvalue weighted by Crippen LogP contribution is 2.17. The van der Waals surface area contributed by atoms with Crippen LogP contribution in [0.15, 0.2) is 54.6 Å². The summed E-state index contributed by atoms with van der Waals surface area (Å²) in [5.41, 5.74) is 1.26. The fourth-order valence-electron chi connectivity index (χ4n) is 1.95. The van der Waals surface area contributed by atoms with Gasteiger partial charge in [-0.25, -0.2) is 4.79 Å². The summed E-state index contributed by atoms with van der Waals surface area (Å²) in [6.07, 6.45) is -0.793. The number of anilines is 1. The lowest BCUT2D eigenvalue weighted by Crippen LogP contribution is -2.19. The topological polar surface area (TPSA) is 73.9 Å². The van der Waals surface area contributed by atoms with Crippen molar-refractivity contribution in [1.29, 1.82) is 0 Å². The lowest BCUT2D eigenvalue weighted by molar-refractivity contribution is -0.136. The lowest BCUT2D eigenvalue weighted by atomic mass is 10.2. The summed E-state index contributed by atoms with van der Waals surface area (Å²) in [6, 6.07) is 15.9. The Morgan fingerprint density at radius 3 is 2.54 bits per heavy atom. The van der Waals surface area contributed by atoms with Crippen molar-refractivity contribution in [1.82, 2.24) is 0 Å². The van der Waals surface area contributed by atoms with E-state index < -0.39 is 12.1 Å². The van der Waals surface area contributed by atoms with Crippen LogP contribution in [0.25, 0.3) is 0 Å². The number of ether oxygens (including phenoxy) is 3. The molecule has 0 aliphatic carbocycles. The highest BCUT2D eigenvalue weighted by molar-refractivity contribution is 5.93. The van der Waals surface area contributed by atoms with Crippen molar-refractivity contribution >= 4 is 17.7 Å². The lowest BCUT2D eigenvalue weighted by Gasteiger charge is -2.09. The smallest absolute Gasteiger partial charge is 0.419 e. The Balaban J connectivity index is 1.83. The molecule has 0 saturated heterocycles. The summed E-state index contributed by atoms with van der Waals surface area (Å²) in [5.74, 6) is -0.0355. The number of amides is 1. The van der Waals surface area contributed by atoms with Crippen molar-refractivity contribution in [2.75, 3.05) is 25.6 Å². The number of hydrogen-bond donors (Lipinski definition) is 1. The third kappa shape index (κ3) is 6.10. The van der Waals surface area contributed by atoms with E-state index in [0.29, 0.717) is 24.7 Å². The monoisotopic (exact) mass is 329 g/mol. The molecule has 2 rings (SSSR count). The Hall–Kier alpha value is -2.86. The minimum atomic E-state index is -0.829. The molecule has 126 valence electrons. The number of hydrogen-bond acceptors (Lipinski definition) is 5. The molecule has 0 saturated carbocycles. The molecule has 6 nitrogen and oxygen atoms in total.